The highest BCUT2D eigenvalue weighted by Crippen LogP contribution is 2.26. The van der Waals surface area contributed by atoms with Gasteiger partial charge in [-0.3, -0.25) is 43.2 Å². The normalized spacial score (nSPS) is 27.6. The van der Waals surface area contributed by atoms with Gasteiger partial charge in [-0.15, -0.1) is 0 Å². The Morgan fingerprint density at radius 1 is 0.588 bits per heavy atom. The van der Waals surface area contributed by atoms with Gasteiger partial charge in [0.05, 0.1) is 6.42 Å². The number of phenols is 1. The van der Waals surface area contributed by atoms with Crippen molar-refractivity contribution in [2.45, 2.75) is 147 Å². The van der Waals surface area contributed by atoms with E-state index in [1.165, 1.54) is 26.8 Å². The monoisotopic (exact) mass is 942 g/mol. The van der Waals surface area contributed by atoms with Crippen LogP contribution in [0, 0.1) is 11.8 Å². The minimum absolute atomic E-state index is 0.0376. The first kappa shape index (κ1) is 50.9. The molecule has 0 aliphatic carbocycles. The molecule has 0 bridgehead atoms. The maximum absolute atomic E-state index is 14.7. The Kier molecular flexibility index (Phi) is 17.2. The van der Waals surface area contributed by atoms with Crippen LogP contribution >= 0.6 is 0 Å². The van der Waals surface area contributed by atoms with E-state index in [1.807, 2.05) is 27.7 Å². The number of nitrogens with one attached hydrogen (secondary N) is 5. The van der Waals surface area contributed by atoms with Crippen LogP contribution in [0.3, 0.4) is 0 Å². The van der Waals surface area contributed by atoms with Gasteiger partial charge in [-0.1, -0.05) is 76.6 Å². The summed E-state index contributed by atoms with van der Waals surface area (Å²) in [6.07, 6.45) is 2.06. The van der Waals surface area contributed by atoms with Crippen LogP contribution in [0.1, 0.15) is 96.6 Å². The smallest absolute Gasteiger partial charge is 0.246 e. The van der Waals surface area contributed by atoms with Crippen molar-refractivity contribution in [2.24, 2.45) is 17.6 Å². The largest absolute Gasteiger partial charge is 0.508 e. The molecule has 8 N–H and O–H groups in total. The molecule has 0 saturated carbocycles. The van der Waals surface area contributed by atoms with E-state index >= 15 is 0 Å². The van der Waals surface area contributed by atoms with Crippen LogP contribution in [0.5, 0.6) is 5.75 Å². The first-order chi connectivity index (χ1) is 32.4. The molecule has 4 aliphatic rings. The zero-order chi connectivity index (χ0) is 49.2. The minimum Gasteiger partial charge on any atom is -0.508 e. The quantitative estimate of drug-likeness (QED) is 0.174. The van der Waals surface area contributed by atoms with Gasteiger partial charge in [0.15, 0.2) is 0 Å². The molecule has 19 heteroatoms. The lowest BCUT2D eigenvalue weighted by molar-refractivity contribution is -0.146. The Balaban J connectivity index is 1.41. The Hall–Kier alpha value is -6.53. The number of primary amides is 1. The summed E-state index contributed by atoms with van der Waals surface area (Å²) < 4.78 is 0. The second-order valence-corrected chi connectivity index (χ2v) is 19.0. The van der Waals surface area contributed by atoms with Crippen LogP contribution < -0.4 is 32.3 Å². The van der Waals surface area contributed by atoms with Gasteiger partial charge in [-0.25, -0.2) is 0 Å². The van der Waals surface area contributed by atoms with Crippen molar-refractivity contribution in [1.29, 1.82) is 0 Å². The second-order valence-electron chi connectivity index (χ2n) is 19.0. The van der Waals surface area contributed by atoms with Crippen molar-refractivity contribution in [3.05, 3.63) is 65.7 Å². The lowest BCUT2D eigenvalue weighted by atomic mass is 9.96. The third-order valence-corrected chi connectivity index (χ3v) is 13.6. The zero-order valence-electron chi connectivity index (χ0n) is 39.4. The molecule has 68 heavy (non-hydrogen) atoms. The fraction of sp³-hybridized carbons (Fsp3) is 0.571. The third-order valence-electron chi connectivity index (χ3n) is 13.6. The number of nitrogens with two attached hydrogens (primary N) is 1. The van der Waals surface area contributed by atoms with E-state index in [4.69, 9.17) is 5.73 Å². The Morgan fingerprint density at radius 3 is 1.56 bits per heavy atom. The lowest BCUT2D eigenvalue weighted by Gasteiger charge is -2.35. The summed E-state index contributed by atoms with van der Waals surface area (Å²) in [7, 11) is 0. The van der Waals surface area contributed by atoms with Crippen LogP contribution in [-0.4, -0.2) is 141 Å². The molecule has 6 rings (SSSR count). The topological polar surface area (TPSA) is 270 Å². The van der Waals surface area contributed by atoms with Crippen molar-refractivity contribution in [2.75, 3.05) is 19.6 Å². The van der Waals surface area contributed by atoms with Gasteiger partial charge >= 0.3 is 0 Å². The molecule has 9 atom stereocenters. The van der Waals surface area contributed by atoms with Gasteiger partial charge in [0.2, 0.25) is 53.2 Å². The lowest BCUT2D eigenvalue weighted by Crippen LogP contribution is -2.62. The molecule has 9 amide bonds. The Morgan fingerprint density at radius 2 is 1.03 bits per heavy atom. The van der Waals surface area contributed by atoms with E-state index in [2.05, 4.69) is 26.6 Å². The molecule has 0 aromatic heterocycles. The van der Waals surface area contributed by atoms with Gasteiger partial charge in [0, 0.05) is 32.5 Å². The molecule has 0 spiro atoms. The van der Waals surface area contributed by atoms with Crippen LogP contribution in [0.25, 0.3) is 0 Å². The average Bonchev–Trinajstić information content (AvgIpc) is 4.12. The molecule has 4 heterocycles. The summed E-state index contributed by atoms with van der Waals surface area (Å²) in [6, 6.07) is 5.27. The number of carbonyl (C=O) groups is 9. The highest BCUT2D eigenvalue weighted by atomic mass is 16.3. The van der Waals surface area contributed by atoms with Crippen molar-refractivity contribution in [1.82, 2.24) is 41.3 Å². The fourth-order valence-corrected chi connectivity index (χ4v) is 9.73. The molecule has 0 radical (unpaired) electrons. The number of rotatable bonds is 10. The molecule has 4 saturated heterocycles. The molecule has 368 valence electrons. The van der Waals surface area contributed by atoms with E-state index in [-0.39, 0.29) is 69.3 Å². The molecule has 19 nitrogen and oxygen atoms in total. The van der Waals surface area contributed by atoms with E-state index in [9.17, 15) is 48.3 Å². The predicted molar refractivity (Wildman–Crippen MR) is 249 cm³/mol. The fourth-order valence-electron chi connectivity index (χ4n) is 9.73. The number of hydrogen-bond donors (Lipinski definition) is 7. The van der Waals surface area contributed by atoms with Gasteiger partial charge < -0.3 is 52.1 Å². The third kappa shape index (κ3) is 12.5. The first-order valence-corrected chi connectivity index (χ1v) is 24.0. The Bertz CT molecular complexity index is 2190. The highest BCUT2D eigenvalue weighted by molar-refractivity contribution is 6.00. The summed E-state index contributed by atoms with van der Waals surface area (Å²) in [5, 5.41) is 24.0. The number of nitrogens with zero attached hydrogens (tertiary/aromatic N) is 3. The number of aromatic hydroxyl groups is 1. The summed E-state index contributed by atoms with van der Waals surface area (Å²) >= 11 is 0. The Labute approximate surface area is 397 Å². The number of hydrogen-bond acceptors (Lipinski definition) is 10. The molecule has 4 aliphatic heterocycles. The predicted octanol–water partition coefficient (Wildman–Crippen LogP) is 0.556. The summed E-state index contributed by atoms with van der Waals surface area (Å²) in [5.74, 6) is -6.59. The number of phenolic OH excluding ortho intramolecular Hbond substituents is 1. The molecule has 2 aromatic carbocycles. The van der Waals surface area contributed by atoms with Crippen LogP contribution in [0.2, 0.25) is 0 Å². The number of fused-ring (bicyclic) bond motifs is 3. The molecular weight excluding hydrogens is 875 g/mol. The summed E-state index contributed by atoms with van der Waals surface area (Å²) in [4.78, 5) is 132. The average molecular weight is 942 g/mol. The van der Waals surface area contributed by atoms with E-state index in [1.54, 1.807) is 42.5 Å². The number of benzene rings is 2. The minimum atomic E-state index is -1.63. The highest BCUT2D eigenvalue weighted by Gasteiger charge is 2.45. The van der Waals surface area contributed by atoms with E-state index < -0.39 is 108 Å². The van der Waals surface area contributed by atoms with Crippen molar-refractivity contribution >= 4 is 53.2 Å². The van der Waals surface area contributed by atoms with Gasteiger partial charge in [-0.2, -0.15) is 0 Å². The molecule has 4 fully saturated rings. The van der Waals surface area contributed by atoms with E-state index in [0.717, 1.165) is 0 Å². The van der Waals surface area contributed by atoms with Crippen molar-refractivity contribution in [3.8, 4) is 5.75 Å². The molecule has 0 unspecified atom stereocenters. The first-order valence-electron chi connectivity index (χ1n) is 24.0. The van der Waals surface area contributed by atoms with Crippen LogP contribution in [-0.2, 0) is 56.0 Å². The van der Waals surface area contributed by atoms with Gasteiger partial charge in [0.1, 0.15) is 54.1 Å². The SMILES string of the molecule is CC[C@H](C)[C@@H]1NC(=O)[C@@H]2CCCN2C(=O)[C@H](Cc2ccc(O)cc2)NC(=O)[C@H](CC(N)=O)NC(=O)[C@H](Cc2ccccc2)NC(=O)[C@@H]2CCCN2C(=O)[C@H](CC(C)C)NC(=O)[C@@H]2CCCN2C1=O. The van der Waals surface area contributed by atoms with Gasteiger partial charge in [-0.05, 0) is 80.0 Å². The maximum atomic E-state index is 14.7. The van der Waals surface area contributed by atoms with Crippen molar-refractivity contribution in [3.63, 3.8) is 0 Å². The molecular formula is C49H67N9O10. The van der Waals surface area contributed by atoms with E-state index in [0.29, 0.717) is 43.2 Å². The summed E-state index contributed by atoms with van der Waals surface area (Å²) in [6.45, 7) is 8.05. The molecule has 2 aromatic rings. The number of amides is 9. The number of carbonyl (C=O) groups excluding carboxylic acids is 9. The maximum Gasteiger partial charge on any atom is 0.246 e. The second kappa shape index (κ2) is 23.0. The summed E-state index contributed by atoms with van der Waals surface area (Å²) in [5.41, 5.74) is 6.80. The van der Waals surface area contributed by atoms with Gasteiger partial charge in [0.25, 0.3) is 0 Å². The zero-order valence-corrected chi connectivity index (χ0v) is 39.4. The van der Waals surface area contributed by atoms with Crippen LogP contribution in [0.4, 0.5) is 0 Å². The van der Waals surface area contributed by atoms with Crippen LogP contribution in [0.15, 0.2) is 54.6 Å². The van der Waals surface area contributed by atoms with Crippen molar-refractivity contribution < 1.29 is 48.3 Å². The standard InChI is InChI=1S/C49H67N9O10/c1-5-29(4)41-49(68)58-23-11-15-38(58)45(64)54-35(24-28(2)3)47(66)56-21-9-14-37(56)44(63)52-33(25-30-12-7-6-8-13-30)42(61)51-34(27-40(50)60)43(62)53-36(26-31-17-19-32(59)20-18-31)48(67)57-22-10-16-39(57)46(65)55-41/h6-8,12-13,17-20,28-29,33-39,41,59H,5,9-11,14-16,21-27H2,1-4H3,(H2,50,60)(H,51,61)(H,52,63)(H,53,62)(H,54,64)(H,55,65)/t29-,33-,34-,35-,36-,37-,38-,39-,41-/m0/s1.